The SMILES string of the molecule is Cc1cc(C=O)cnc1OC1CN2c3cc(Cl)nnc3NCC2(C)C1. The van der Waals surface area contributed by atoms with E-state index in [0.717, 1.165) is 36.3 Å². The molecule has 4 heterocycles. The summed E-state index contributed by atoms with van der Waals surface area (Å²) in [5.41, 5.74) is 2.25. The van der Waals surface area contributed by atoms with Crippen LogP contribution in [0.4, 0.5) is 11.5 Å². The first-order valence-corrected chi connectivity index (χ1v) is 8.49. The predicted molar refractivity (Wildman–Crippen MR) is 94.7 cm³/mol. The second-order valence-corrected chi connectivity index (χ2v) is 7.20. The summed E-state index contributed by atoms with van der Waals surface area (Å²) < 4.78 is 6.14. The number of nitrogens with zero attached hydrogens (tertiary/aromatic N) is 4. The van der Waals surface area contributed by atoms with Crippen LogP contribution in [0.15, 0.2) is 18.3 Å². The molecule has 0 spiro atoms. The van der Waals surface area contributed by atoms with Gasteiger partial charge in [-0.05, 0) is 19.9 Å². The lowest BCUT2D eigenvalue weighted by molar-refractivity contribution is 0.112. The number of aldehydes is 1. The fourth-order valence-corrected chi connectivity index (χ4v) is 3.76. The Balaban J connectivity index is 1.59. The predicted octanol–water partition coefficient (Wildman–Crippen LogP) is 2.49. The number of fused-ring (bicyclic) bond motifs is 3. The summed E-state index contributed by atoms with van der Waals surface area (Å²) in [5.74, 6) is 1.31. The maximum Gasteiger partial charge on any atom is 0.216 e. The first kappa shape index (κ1) is 16.1. The van der Waals surface area contributed by atoms with Gasteiger partial charge in [0.25, 0.3) is 0 Å². The van der Waals surface area contributed by atoms with Gasteiger partial charge < -0.3 is 15.0 Å². The third kappa shape index (κ3) is 2.78. The van der Waals surface area contributed by atoms with Crippen molar-refractivity contribution in [1.29, 1.82) is 0 Å². The fourth-order valence-electron chi connectivity index (χ4n) is 3.62. The molecule has 8 heteroatoms. The Kier molecular flexibility index (Phi) is 3.76. The summed E-state index contributed by atoms with van der Waals surface area (Å²) in [6.45, 7) is 5.55. The summed E-state index contributed by atoms with van der Waals surface area (Å²) in [6, 6.07) is 3.62. The molecule has 130 valence electrons. The zero-order valence-corrected chi connectivity index (χ0v) is 14.7. The number of aromatic nitrogens is 3. The first-order chi connectivity index (χ1) is 12.0. The first-order valence-electron chi connectivity index (χ1n) is 8.12. The minimum absolute atomic E-state index is 0.0158. The molecule has 0 radical (unpaired) electrons. The molecule has 2 aliphatic heterocycles. The average Bonchev–Trinajstić information content (AvgIpc) is 2.93. The van der Waals surface area contributed by atoms with E-state index in [2.05, 4.69) is 32.3 Å². The van der Waals surface area contributed by atoms with Gasteiger partial charge in [-0.1, -0.05) is 11.6 Å². The number of nitrogens with one attached hydrogen (secondary N) is 1. The number of anilines is 2. The van der Waals surface area contributed by atoms with Crippen molar-refractivity contribution in [3.05, 3.63) is 34.6 Å². The Morgan fingerprint density at radius 2 is 2.28 bits per heavy atom. The molecule has 1 fully saturated rings. The van der Waals surface area contributed by atoms with Crippen LogP contribution in [0.1, 0.15) is 29.3 Å². The highest BCUT2D eigenvalue weighted by molar-refractivity contribution is 6.29. The van der Waals surface area contributed by atoms with Crippen LogP contribution in [0.2, 0.25) is 5.15 Å². The Morgan fingerprint density at radius 3 is 3.04 bits per heavy atom. The monoisotopic (exact) mass is 359 g/mol. The summed E-state index contributed by atoms with van der Waals surface area (Å²) in [6.07, 6.45) is 3.15. The van der Waals surface area contributed by atoms with Gasteiger partial charge in [0.2, 0.25) is 5.88 Å². The van der Waals surface area contributed by atoms with Crippen LogP contribution in [-0.2, 0) is 0 Å². The van der Waals surface area contributed by atoms with Crippen molar-refractivity contribution in [3.8, 4) is 5.88 Å². The van der Waals surface area contributed by atoms with E-state index < -0.39 is 0 Å². The molecule has 0 aromatic carbocycles. The molecule has 2 unspecified atom stereocenters. The number of pyridine rings is 1. The molecule has 0 amide bonds. The second kappa shape index (κ2) is 5.84. The topological polar surface area (TPSA) is 80.2 Å². The van der Waals surface area contributed by atoms with Crippen LogP contribution < -0.4 is 15.0 Å². The molecule has 7 nitrogen and oxygen atoms in total. The van der Waals surface area contributed by atoms with Crippen LogP contribution in [0.3, 0.4) is 0 Å². The smallest absolute Gasteiger partial charge is 0.216 e. The third-order valence-electron chi connectivity index (χ3n) is 4.84. The molecule has 1 saturated heterocycles. The number of carbonyl (C=O) groups excluding carboxylic acids is 1. The Bertz CT molecular complexity index is 846. The van der Waals surface area contributed by atoms with Gasteiger partial charge in [0.05, 0.1) is 17.8 Å². The number of rotatable bonds is 3. The van der Waals surface area contributed by atoms with E-state index in [9.17, 15) is 4.79 Å². The lowest BCUT2D eigenvalue weighted by Gasteiger charge is -2.41. The van der Waals surface area contributed by atoms with Gasteiger partial charge in [0.1, 0.15) is 6.10 Å². The number of carbonyl (C=O) groups is 1. The number of ether oxygens (including phenoxy) is 1. The van der Waals surface area contributed by atoms with Crippen molar-refractivity contribution in [2.45, 2.75) is 31.9 Å². The number of halogens is 1. The number of hydrogen-bond donors (Lipinski definition) is 1. The largest absolute Gasteiger partial charge is 0.472 e. The van der Waals surface area contributed by atoms with Crippen LogP contribution in [-0.4, -0.2) is 46.2 Å². The average molecular weight is 360 g/mol. The molecule has 0 saturated carbocycles. The molecule has 2 atom stereocenters. The summed E-state index contributed by atoms with van der Waals surface area (Å²) in [7, 11) is 0. The molecule has 2 aliphatic rings. The molecule has 0 bridgehead atoms. The van der Waals surface area contributed by atoms with E-state index in [1.165, 1.54) is 6.20 Å². The molecule has 0 aliphatic carbocycles. The van der Waals surface area contributed by atoms with Crippen molar-refractivity contribution in [3.63, 3.8) is 0 Å². The maximum atomic E-state index is 10.9. The van der Waals surface area contributed by atoms with Crippen molar-refractivity contribution in [1.82, 2.24) is 15.2 Å². The van der Waals surface area contributed by atoms with Gasteiger partial charge in [-0.3, -0.25) is 4.79 Å². The highest BCUT2D eigenvalue weighted by Gasteiger charge is 2.46. The third-order valence-corrected chi connectivity index (χ3v) is 5.03. The van der Waals surface area contributed by atoms with Crippen LogP contribution in [0.5, 0.6) is 5.88 Å². The lowest BCUT2D eigenvalue weighted by Crippen LogP contribution is -2.50. The number of aryl methyl sites for hydroxylation is 1. The Hall–Kier alpha value is -2.41. The molecule has 25 heavy (non-hydrogen) atoms. The highest BCUT2D eigenvalue weighted by atomic mass is 35.5. The summed E-state index contributed by atoms with van der Waals surface area (Å²) in [4.78, 5) is 17.4. The van der Waals surface area contributed by atoms with Crippen LogP contribution in [0.25, 0.3) is 0 Å². The zero-order chi connectivity index (χ0) is 17.6. The molecular formula is C17H18ClN5O2. The fraction of sp³-hybridized carbons (Fsp3) is 0.412. The van der Waals surface area contributed by atoms with E-state index in [1.54, 1.807) is 6.07 Å². The van der Waals surface area contributed by atoms with Crippen molar-refractivity contribution in [2.24, 2.45) is 0 Å². The Morgan fingerprint density at radius 1 is 1.44 bits per heavy atom. The maximum absolute atomic E-state index is 10.9. The Labute approximate surface area is 150 Å². The lowest BCUT2D eigenvalue weighted by atomic mass is 9.96. The quantitative estimate of drug-likeness (QED) is 0.843. The minimum Gasteiger partial charge on any atom is -0.472 e. The van der Waals surface area contributed by atoms with E-state index in [4.69, 9.17) is 16.3 Å². The van der Waals surface area contributed by atoms with Crippen molar-refractivity contribution in [2.75, 3.05) is 23.3 Å². The van der Waals surface area contributed by atoms with E-state index in [1.807, 2.05) is 13.0 Å². The van der Waals surface area contributed by atoms with Crippen LogP contribution >= 0.6 is 11.6 Å². The molecule has 2 aromatic heterocycles. The van der Waals surface area contributed by atoms with Crippen molar-refractivity contribution < 1.29 is 9.53 Å². The standard InChI is InChI=1S/C17H18ClN5O2/c1-10-3-11(8-24)6-19-16(10)25-12-5-17(2)9-20-15-13(23(17)7-12)4-14(18)21-22-15/h3-4,6,8,12H,5,7,9H2,1-2H3,(H,20,22). The number of hydrogen-bond acceptors (Lipinski definition) is 7. The van der Waals surface area contributed by atoms with Gasteiger partial charge in [-0.2, -0.15) is 0 Å². The van der Waals surface area contributed by atoms with Crippen LogP contribution in [0, 0.1) is 6.92 Å². The molecule has 4 rings (SSSR count). The normalized spacial score (nSPS) is 24.3. The van der Waals surface area contributed by atoms with Gasteiger partial charge in [-0.25, -0.2) is 4.98 Å². The second-order valence-electron chi connectivity index (χ2n) is 6.81. The van der Waals surface area contributed by atoms with Crippen molar-refractivity contribution >= 4 is 29.4 Å². The van der Waals surface area contributed by atoms with Gasteiger partial charge in [-0.15, -0.1) is 10.2 Å². The van der Waals surface area contributed by atoms with Gasteiger partial charge >= 0.3 is 0 Å². The summed E-state index contributed by atoms with van der Waals surface area (Å²) in [5, 5.41) is 11.7. The van der Waals surface area contributed by atoms with E-state index >= 15 is 0 Å². The van der Waals surface area contributed by atoms with E-state index in [0.29, 0.717) is 23.1 Å². The highest BCUT2D eigenvalue weighted by Crippen LogP contribution is 2.42. The molecular weight excluding hydrogens is 342 g/mol. The minimum atomic E-state index is -0.0966. The summed E-state index contributed by atoms with van der Waals surface area (Å²) >= 11 is 6.03. The van der Waals surface area contributed by atoms with E-state index in [-0.39, 0.29) is 11.6 Å². The van der Waals surface area contributed by atoms with Gasteiger partial charge in [0.15, 0.2) is 17.3 Å². The molecule has 1 N–H and O–H groups in total. The zero-order valence-electron chi connectivity index (χ0n) is 14.0. The van der Waals surface area contributed by atoms with Gasteiger partial charge in [0, 0.05) is 36.4 Å². The molecule has 2 aromatic rings.